The first-order chi connectivity index (χ1) is 9.70. The van der Waals surface area contributed by atoms with Crippen LogP contribution in [0, 0.1) is 5.92 Å². The Morgan fingerprint density at radius 1 is 1.30 bits per heavy atom. The van der Waals surface area contributed by atoms with Crippen LogP contribution in [0.3, 0.4) is 0 Å². The second-order valence-corrected chi connectivity index (χ2v) is 5.94. The van der Waals surface area contributed by atoms with E-state index < -0.39 is 0 Å². The molecule has 0 saturated carbocycles. The number of rotatable bonds is 5. The third kappa shape index (κ3) is 4.15. The van der Waals surface area contributed by atoms with E-state index in [9.17, 15) is 4.79 Å². The minimum Gasteiger partial charge on any atom is -0.310 e. The summed E-state index contributed by atoms with van der Waals surface area (Å²) in [5.74, 6) is 0.655. The highest BCUT2D eigenvalue weighted by Crippen LogP contribution is 2.19. The molecule has 3 unspecified atom stereocenters. The number of likely N-dealkylation sites (tertiary alicyclic amines) is 1. The van der Waals surface area contributed by atoms with Crippen molar-refractivity contribution in [1.29, 1.82) is 0 Å². The van der Waals surface area contributed by atoms with Gasteiger partial charge in [-0.3, -0.25) is 4.90 Å². The van der Waals surface area contributed by atoms with Crippen molar-refractivity contribution >= 4 is 6.29 Å². The smallest absolute Gasteiger partial charge is 0.136 e. The van der Waals surface area contributed by atoms with Gasteiger partial charge in [0.05, 0.1) is 6.04 Å². The molecule has 3 nitrogen and oxygen atoms in total. The van der Waals surface area contributed by atoms with Gasteiger partial charge < -0.3 is 10.1 Å². The van der Waals surface area contributed by atoms with Crippen LogP contribution < -0.4 is 5.32 Å². The lowest BCUT2D eigenvalue weighted by Crippen LogP contribution is -2.36. The maximum Gasteiger partial charge on any atom is 0.136 e. The first kappa shape index (κ1) is 15.2. The zero-order chi connectivity index (χ0) is 14.4. The molecular formula is C17H26N2O. The van der Waals surface area contributed by atoms with Gasteiger partial charge in [0.15, 0.2) is 0 Å². The summed E-state index contributed by atoms with van der Waals surface area (Å²) in [5.41, 5.74) is 1.34. The lowest BCUT2D eigenvalue weighted by atomic mass is 9.97. The Hall–Kier alpha value is -1.19. The van der Waals surface area contributed by atoms with Crippen LogP contribution in [-0.4, -0.2) is 36.4 Å². The average Bonchev–Trinajstić information content (AvgIpc) is 2.67. The van der Waals surface area contributed by atoms with Gasteiger partial charge in [-0.15, -0.1) is 0 Å². The number of benzene rings is 1. The number of hydrogen-bond acceptors (Lipinski definition) is 3. The first-order valence-electron chi connectivity index (χ1n) is 7.67. The van der Waals surface area contributed by atoms with E-state index in [4.69, 9.17) is 0 Å². The van der Waals surface area contributed by atoms with Gasteiger partial charge >= 0.3 is 0 Å². The lowest BCUT2D eigenvalue weighted by molar-refractivity contribution is -0.111. The van der Waals surface area contributed by atoms with Crippen molar-refractivity contribution in [2.24, 2.45) is 5.92 Å². The Bertz CT molecular complexity index is 407. The summed E-state index contributed by atoms with van der Waals surface area (Å²) in [6.07, 6.45) is 3.33. The Balaban J connectivity index is 1.87. The minimum absolute atomic E-state index is 0.0510. The van der Waals surface area contributed by atoms with Crippen LogP contribution in [0.25, 0.3) is 0 Å². The van der Waals surface area contributed by atoms with Gasteiger partial charge in [-0.2, -0.15) is 0 Å². The fourth-order valence-corrected chi connectivity index (χ4v) is 2.91. The molecule has 1 aromatic carbocycles. The van der Waals surface area contributed by atoms with Crippen molar-refractivity contribution in [1.82, 2.24) is 10.2 Å². The number of carbonyl (C=O) groups is 1. The zero-order valence-corrected chi connectivity index (χ0v) is 12.6. The first-order valence-corrected chi connectivity index (χ1v) is 7.67. The van der Waals surface area contributed by atoms with E-state index in [1.165, 1.54) is 5.56 Å². The SMILES string of the molecule is CC1CCN(C(C)C=O)CCC1NCc1ccccc1. The number of aldehydes is 1. The molecule has 0 spiro atoms. The molecular weight excluding hydrogens is 248 g/mol. The van der Waals surface area contributed by atoms with Crippen molar-refractivity contribution < 1.29 is 4.79 Å². The maximum absolute atomic E-state index is 10.9. The molecule has 1 aliphatic rings. The van der Waals surface area contributed by atoms with Crippen molar-refractivity contribution in [3.8, 4) is 0 Å². The van der Waals surface area contributed by atoms with Crippen molar-refractivity contribution in [3.63, 3.8) is 0 Å². The molecule has 1 aromatic rings. The standard InChI is InChI=1S/C17H26N2O/c1-14-8-10-19(15(2)13-20)11-9-17(14)18-12-16-6-4-3-5-7-16/h3-7,13-15,17-18H,8-12H2,1-2H3. The molecule has 0 radical (unpaired) electrons. The van der Waals surface area contributed by atoms with E-state index in [1.54, 1.807) is 0 Å². The maximum atomic E-state index is 10.9. The summed E-state index contributed by atoms with van der Waals surface area (Å²) in [6, 6.07) is 11.1. The van der Waals surface area contributed by atoms with E-state index in [0.717, 1.165) is 38.8 Å². The average molecular weight is 274 g/mol. The highest BCUT2D eigenvalue weighted by molar-refractivity contribution is 5.56. The van der Waals surface area contributed by atoms with Crippen molar-refractivity contribution in [2.45, 2.75) is 45.3 Å². The molecule has 1 aliphatic heterocycles. The summed E-state index contributed by atoms with van der Waals surface area (Å²) in [4.78, 5) is 13.2. The molecule has 0 aliphatic carbocycles. The van der Waals surface area contributed by atoms with Gasteiger partial charge in [-0.25, -0.2) is 0 Å². The summed E-state index contributed by atoms with van der Waals surface area (Å²) < 4.78 is 0. The summed E-state index contributed by atoms with van der Waals surface area (Å²) in [7, 11) is 0. The predicted molar refractivity (Wildman–Crippen MR) is 82.6 cm³/mol. The van der Waals surface area contributed by atoms with Crippen molar-refractivity contribution in [2.75, 3.05) is 13.1 Å². The molecule has 20 heavy (non-hydrogen) atoms. The molecule has 0 bridgehead atoms. The summed E-state index contributed by atoms with van der Waals surface area (Å²) in [6.45, 7) is 7.29. The molecule has 0 amide bonds. The van der Waals surface area contributed by atoms with Crippen LogP contribution in [0.2, 0.25) is 0 Å². The molecule has 1 saturated heterocycles. The van der Waals surface area contributed by atoms with Crippen molar-refractivity contribution in [3.05, 3.63) is 35.9 Å². The summed E-state index contributed by atoms with van der Waals surface area (Å²) in [5, 5.41) is 3.69. The van der Waals surface area contributed by atoms with E-state index in [-0.39, 0.29) is 6.04 Å². The van der Waals surface area contributed by atoms with Gasteiger partial charge in [0.1, 0.15) is 6.29 Å². The van der Waals surface area contributed by atoms with Crippen LogP contribution in [0.5, 0.6) is 0 Å². The van der Waals surface area contributed by atoms with E-state index in [1.807, 2.05) is 6.92 Å². The van der Waals surface area contributed by atoms with Crippen LogP contribution >= 0.6 is 0 Å². The van der Waals surface area contributed by atoms with Gasteiger partial charge in [-0.1, -0.05) is 37.3 Å². The van der Waals surface area contributed by atoms with E-state index >= 15 is 0 Å². The normalized spacial score (nSPS) is 25.9. The zero-order valence-electron chi connectivity index (χ0n) is 12.6. The Morgan fingerprint density at radius 2 is 2.00 bits per heavy atom. The minimum atomic E-state index is 0.0510. The molecule has 1 heterocycles. The van der Waals surface area contributed by atoms with Crippen LogP contribution in [0.15, 0.2) is 30.3 Å². The van der Waals surface area contributed by atoms with Gasteiger partial charge in [0.25, 0.3) is 0 Å². The largest absolute Gasteiger partial charge is 0.310 e. The van der Waals surface area contributed by atoms with Crippen LogP contribution in [-0.2, 0) is 11.3 Å². The Morgan fingerprint density at radius 3 is 2.70 bits per heavy atom. The number of nitrogens with one attached hydrogen (secondary N) is 1. The summed E-state index contributed by atoms with van der Waals surface area (Å²) >= 11 is 0. The van der Waals surface area contributed by atoms with Gasteiger partial charge in [0, 0.05) is 19.1 Å². The quantitative estimate of drug-likeness (QED) is 0.837. The van der Waals surface area contributed by atoms with Gasteiger partial charge in [0.2, 0.25) is 0 Å². The lowest BCUT2D eigenvalue weighted by Gasteiger charge is -2.23. The molecule has 2 rings (SSSR count). The highest BCUT2D eigenvalue weighted by atomic mass is 16.1. The topological polar surface area (TPSA) is 32.3 Å². The van der Waals surface area contributed by atoms with Crippen LogP contribution in [0.1, 0.15) is 32.3 Å². The second kappa shape index (κ2) is 7.55. The van der Waals surface area contributed by atoms with Gasteiger partial charge in [-0.05, 0) is 37.8 Å². The molecule has 3 heteroatoms. The fraction of sp³-hybridized carbons (Fsp3) is 0.588. The molecule has 3 atom stereocenters. The van der Waals surface area contributed by atoms with E-state index in [2.05, 4.69) is 47.5 Å². The Labute approximate surface area is 122 Å². The third-order valence-electron chi connectivity index (χ3n) is 4.47. The number of carbonyl (C=O) groups excluding carboxylic acids is 1. The number of nitrogens with zero attached hydrogens (tertiary/aromatic N) is 1. The predicted octanol–water partition coefficient (Wildman–Crippen LogP) is 2.46. The Kier molecular flexibility index (Phi) is 5.74. The molecule has 1 fully saturated rings. The van der Waals surface area contributed by atoms with Crippen LogP contribution in [0.4, 0.5) is 0 Å². The molecule has 1 N–H and O–H groups in total. The van der Waals surface area contributed by atoms with E-state index in [0.29, 0.717) is 12.0 Å². The third-order valence-corrected chi connectivity index (χ3v) is 4.47. The monoisotopic (exact) mass is 274 g/mol. The molecule has 0 aromatic heterocycles. The molecule has 110 valence electrons. The fourth-order valence-electron chi connectivity index (χ4n) is 2.91. The number of hydrogen-bond donors (Lipinski definition) is 1. The highest BCUT2D eigenvalue weighted by Gasteiger charge is 2.24. The second-order valence-electron chi connectivity index (χ2n) is 5.94.